The molecule has 33 heavy (non-hydrogen) atoms. The number of anilines is 1. The molecule has 0 aliphatic carbocycles. The molecule has 3 rings (SSSR count). The van der Waals surface area contributed by atoms with Crippen molar-refractivity contribution in [3.8, 4) is 23.7 Å². The Morgan fingerprint density at radius 2 is 2.12 bits per heavy atom. The number of amides is 1. The maximum atomic E-state index is 13.0. The van der Waals surface area contributed by atoms with Crippen LogP contribution in [0.1, 0.15) is 35.5 Å². The summed E-state index contributed by atoms with van der Waals surface area (Å²) in [5.41, 5.74) is 0.0863. The monoisotopic (exact) mass is 472 g/mol. The molecule has 0 saturated heterocycles. The number of hydrogen-bond donors (Lipinski definition) is 4. The Morgan fingerprint density at radius 3 is 2.76 bits per heavy atom. The Kier molecular flexibility index (Phi) is 6.54. The molecule has 0 bridgehead atoms. The van der Waals surface area contributed by atoms with Gasteiger partial charge in [0.1, 0.15) is 23.2 Å². The highest BCUT2D eigenvalue weighted by Crippen LogP contribution is 2.33. The summed E-state index contributed by atoms with van der Waals surface area (Å²) < 4.78 is 35.1. The minimum absolute atomic E-state index is 0.0489. The lowest BCUT2D eigenvalue weighted by atomic mass is 10.1. The zero-order chi connectivity index (χ0) is 24.6. The lowest BCUT2D eigenvalue weighted by Crippen LogP contribution is -2.45. The second-order valence-corrected chi connectivity index (χ2v) is 9.87. The van der Waals surface area contributed by atoms with Gasteiger partial charge in [0.05, 0.1) is 17.7 Å². The van der Waals surface area contributed by atoms with Crippen LogP contribution in [-0.2, 0) is 17.1 Å². The number of benzene rings is 1. The molecule has 0 spiro atoms. The third-order valence-electron chi connectivity index (χ3n) is 4.84. The molecule has 11 heteroatoms. The van der Waals surface area contributed by atoms with Crippen molar-refractivity contribution < 1.29 is 28.2 Å². The summed E-state index contributed by atoms with van der Waals surface area (Å²) in [7, 11) is -2.66. The van der Waals surface area contributed by atoms with Crippen molar-refractivity contribution in [2.75, 3.05) is 11.9 Å². The molecule has 0 fully saturated rings. The molecule has 4 N–H and O–H groups in total. The molecule has 2 unspecified atom stereocenters. The van der Waals surface area contributed by atoms with Gasteiger partial charge in [0.25, 0.3) is 5.91 Å². The van der Waals surface area contributed by atoms with E-state index in [0.29, 0.717) is 11.3 Å². The number of nitriles is 1. The molecule has 1 aliphatic heterocycles. The molecule has 1 amide bonds. The van der Waals surface area contributed by atoms with Crippen molar-refractivity contribution in [1.29, 1.82) is 5.26 Å². The van der Waals surface area contributed by atoms with Crippen LogP contribution in [0.4, 0.5) is 5.69 Å². The number of sulfonamides is 1. The fourth-order valence-corrected chi connectivity index (χ4v) is 4.58. The van der Waals surface area contributed by atoms with Gasteiger partial charge < -0.3 is 24.8 Å². The minimum Gasteiger partial charge on any atom is -0.488 e. The van der Waals surface area contributed by atoms with Crippen LogP contribution in [0.25, 0.3) is 0 Å². The number of ether oxygens (including phenoxy) is 1. The van der Waals surface area contributed by atoms with E-state index >= 15 is 0 Å². The van der Waals surface area contributed by atoms with Crippen LogP contribution in [0.2, 0.25) is 0 Å². The number of aryl methyl sites for hydroxylation is 2. The third-order valence-corrected chi connectivity index (χ3v) is 6.33. The highest BCUT2D eigenvalue weighted by Gasteiger charge is 2.36. The second kappa shape index (κ2) is 8.89. The van der Waals surface area contributed by atoms with E-state index in [1.807, 2.05) is 6.07 Å². The fourth-order valence-electron chi connectivity index (χ4n) is 3.16. The van der Waals surface area contributed by atoms with E-state index in [1.54, 1.807) is 19.1 Å². The van der Waals surface area contributed by atoms with Crippen molar-refractivity contribution in [3.63, 3.8) is 0 Å². The largest absolute Gasteiger partial charge is 0.488 e. The molecule has 1 aliphatic rings. The van der Waals surface area contributed by atoms with E-state index in [9.17, 15) is 28.7 Å². The predicted octanol–water partition coefficient (Wildman–Crippen LogP) is 0.632. The van der Waals surface area contributed by atoms with E-state index < -0.39 is 33.7 Å². The van der Waals surface area contributed by atoms with Crippen LogP contribution in [0.3, 0.4) is 0 Å². The average Bonchev–Trinajstić information content (AvgIpc) is 3.00. The molecule has 2 atom stereocenters. The average molecular weight is 473 g/mol. The second-order valence-electron chi connectivity index (χ2n) is 8.19. The van der Waals surface area contributed by atoms with Gasteiger partial charge in [-0.15, -0.1) is 0 Å². The van der Waals surface area contributed by atoms with Crippen LogP contribution in [0.5, 0.6) is 5.75 Å². The van der Waals surface area contributed by atoms with E-state index in [-0.39, 0.29) is 22.9 Å². The minimum atomic E-state index is -4.16. The zero-order valence-corrected chi connectivity index (χ0v) is 19.3. The molecular formula is C22H24N4O6S. The van der Waals surface area contributed by atoms with Crippen LogP contribution in [0.15, 0.2) is 29.3 Å². The Bertz CT molecular complexity index is 1310. The molecule has 1 aromatic carbocycles. The van der Waals surface area contributed by atoms with E-state index in [4.69, 9.17) is 4.74 Å². The molecule has 0 saturated carbocycles. The smallest absolute Gasteiger partial charge is 0.276 e. The number of carbonyl (C=O) groups excluding carboxylic acids is 1. The number of aliphatic hydroxyl groups excluding tert-OH is 1. The first-order valence-corrected chi connectivity index (χ1v) is 11.4. The summed E-state index contributed by atoms with van der Waals surface area (Å²) in [5, 5.41) is 31.9. The maximum Gasteiger partial charge on any atom is 0.276 e. The number of carbonyl (C=O) groups is 1. The predicted molar refractivity (Wildman–Crippen MR) is 119 cm³/mol. The van der Waals surface area contributed by atoms with Crippen LogP contribution < -0.4 is 14.8 Å². The van der Waals surface area contributed by atoms with Crippen LogP contribution >= 0.6 is 0 Å². The van der Waals surface area contributed by atoms with E-state index in [2.05, 4.69) is 21.9 Å². The van der Waals surface area contributed by atoms with Crippen molar-refractivity contribution in [3.05, 3.63) is 41.2 Å². The molecule has 2 heterocycles. The highest BCUT2D eigenvalue weighted by molar-refractivity contribution is 7.89. The topological polar surface area (TPSA) is 154 Å². The van der Waals surface area contributed by atoms with Crippen LogP contribution in [0, 0.1) is 30.1 Å². The Labute approximate surface area is 191 Å². The summed E-state index contributed by atoms with van der Waals surface area (Å²) in [6, 6.07) is 5.74. The normalized spacial score (nSPS) is 17.9. The summed E-state index contributed by atoms with van der Waals surface area (Å²) in [4.78, 5) is 12.7. The number of aromatic nitrogens is 1. The lowest BCUT2D eigenvalue weighted by molar-refractivity contribution is 0.101. The standard InChI is InChI=1S/C22H24N4O6S/c1-13-5-6-15(9-14(13)10-23)24-21(28)19-20-18(11-26(19)4)33(30,31)25-16(12-32-20)17(27)7-8-22(2,3)29/h5-6,9,11,16-17,25,27,29H,12H2,1-4H3,(H,24,28). The van der Waals surface area contributed by atoms with Gasteiger partial charge in [-0.1, -0.05) is 17.9 Å². The number of rotatable bonds is 3. The molecule has 0 radical (unpaired) electrons. The first-order chi connectivity index (χ1) is 15.3. The fraction of sp³-hybridized carbons (Fsp3) is 0.364. The quantitative estimate of drug-likeness (QED) is 0.478. The molecule has 10 nitrogen and oxygen atoms in total. The Morgan fingerprint density at radius 1 is 1.42 bits per heavy atom. The summed E-state index contributed by atoms with van der Waals surface area (Å²) in [6.45, 7) is 4.31. The van der Waals surface area contributed by atoms with Gasteiger partial charge in [-0.25, -0.2) is 13.1 Å². The zero-order valence-electron chi connectivity index (χ0n) is 18.5. The SMILES string of the molecule is Cc1ccc(NC(=O)c2c3c(cn2C)S(=O)(=O)NC(C(O)C#CC(C)(C)O)CO3)cc1C#N. The van der Waals surface area contributed by atoms with E-state index in [0.717, 1.165) is 5.56 Å². The van der Waals surface area contributed by atoms with Gasteiger partial charge in [-0.05, 0) is 38.5 Å². The Balaban J connectivity index is 1.92. The first kappa shape index (κ1) is 24.3. The van der Waals surface area contributed by atoms with Gasteiger partial charge in [0.15, 0.2) is 11.4 Å². The molecular weight excluding hydrogens is 448 g/mol. The van der Waals surface area contributed by atoms with Crippen molar-refractivity contribution >= 4 is 21.6 Å². The van der Waals surface area contributed by atoms with Crippen molar-refractivity contribution in [2.24, 2.45) is 7.05 Å². The number of aliphatic hydroxyl groups is 2. The lowest BCUT2D eigenvalue weighted by Gasteiger charge is -2.18. The van der Waals surface area contributed by atoms with Gasteiger partial charge in [0.2, 0.25) is 10.0 Å². The number of nitrogens with one attached hydrogen (secondary N) is 2. The first-order valence-electron chi connectivity index (χ1n) is 9.92. The van der Waals surface area contributed by atoms with Crippen LogP contribution in [-0.4, -0.2) is 53.5 Å². The summed E-state index contributed by atoms with van der Waals surface area (Å²) in [5.74, 6) is 4.04. The summed E-state index contributed by atoms with van der Waals surface area (Å²) >= 11 is 0. The van der Waals surface area contributed by atoms with Gasteiger partial charge in [0, 0.05) is 18.9 Å². The number of nitrogens with zero attached hydrogens (tertiary/aromatic N) is 2. The van der Waals surface area contributed by atoms with Crippen molar-refractivity contribution in [2.45, 2.75) is 43.4 Å². The third kappa shape index (κ3) is 5.35. The molecule has 2 aromatic rings. The number of hydrogen-bond acceptors (Lipinski definition) is 7. The Hall–Kier alpha value is -3.35. The molecule has 1 aromatic heterocycles. The van der Waals surface area contributed by atoms with E-state index in [1.165, 1.54) is 37.7 Å². The van der Waals surface area contributed by atoms with Gasteiger partial charge >= 0.3 is 0 Å². The molecule has 174 valence electrons. The van der Waals surface area contributed by atoms with Gasteiger partial charge in [-0.3, -0.25) is 4.79 Å². The maximum absolute atomic E-state index is 13.0. The summed E-state index contributed by atoms with van der Waals surface area (Å²) in [6.07, 6.45) is -0.224. The van der Waals surface area contributed by atoms with Gasteiger partial charge in [-0.2, -0.15) is 5.26 Å². The number of fused-ring (bicyclic) bond motifs is 1. The highest BCUT2D eigenvalue weighted by atomic mass is 32.2. The van der Waals surface area contributed by atoms with Crippen molar-refractivity contribution in [1.82, 2.24) is 9.29 Å².